The van der Waals surface area contributed by atoms with E-state index in [1.165, 1.54) is 13.3 Å². The quantitative estimate of drug-likeness (QED) is 0.681. The maximum atomic E-state index is 11.6. The van der Waals surface area contributed by atoms with Crippen LogP contribution in [0.15, 0.2) is 24.4 Å². The summed E-state index contributed by atoms with van der Waals surface area (Å²) >= 11 is 5.96. The van der Waals surface area contributed by atoms with Crippen LogP contribution in [-0.2, 0) is 9.53 Å². The first-order valence-electron chi connectivity index (χ1n) is 6.33. The standard InChI is InChI=1S/C13H12ClN7O2/c1-23-7-12(22)17-10-3-2-9(14)4-11(10)16-6-8(5-15)13-18-20-21-19-13/h2-4,6,16H,7H2,1H3,(H,17,22)(H,18,19,20,21). The van der Waals surface area contributed by atoms with Crippen molar-refractivity contribution < 1.29 is 9.53 Å². The number of aromatic nitrogens is 4. The zero-order valence-electron chi connectivity index (χ0n) is 12.0. The number of carbonyl (C=O) groups excluding carboxylic acids is 1. The highest BCUT2D eigenvalue weighted by Gasteiger charge is 2.09. The Kier molecular flexibility index (Phi) is 5.62. The normalized spacial score (nSPS) is 10.9. The van der Waals surface area contributed by atoms with Crippen LogP contribution >= 0.6 is 11.6 Å². The number of nitrogens with one attached hydrogen (secondary N) is 3. The number of H-pyrrole nitrogens is 1. The number of methoxy groups -OCH3 is 1. The van der Waals surface area contributed by atoms with Gasteiger partial charge in [0.25, 0.3) is 0 Å². The van der Waals surface area contributed by atoms with E-state index in [0.29, 0.717) is 16.4 Å². The third kappa shape index (κ3) is 4.50. The number of tetrazole rings is 1. The van der Waals surface area contributed by atoms with E-state index < -0.39 is 0 Å². The molecule has 0 radical (unpaired) electrons. The first-order chi connectivity index (χ1) is 11.1. The highest BCUT2D eigenvalue weighted by molar-refractivity contribution is 6.31. The molecule has 0 unspecified atom stereocenters. The fraction of sp³-hybridized carbons (Fsp3) is 0.154. The molecule has 0 aliphatic carbocycles. The molecule has 1 heterocycles. The van der Waals surface area contributed by atoms with Crippen molar-refractivity contribution in [3.8, 4) is 6.07 Å². The molecule has 2 rings (SSSR count). The van der Waals surface area contributed by atoms with Crippen molar-refractivity contribution in [3.05, 3.63) is 35.2 Å². The van der Waals surface area contributed by atoms with Crippen LogP contribution in [0.1, 0.15) is 5.82 Å². The first kappa shape index (κ1) is 16.4. The summed E-state index contributed by atoms with van der Waals surface area (Å²) in [6.07, 6.45) is 1.39. The second-order valence-corrected chi connectivity index (χ2v) is 4.66. The first-order valence-corrected chi connectivity index (χ1v) is 6.70. The minimum atomic E-state index is -0.319. The monoisotopic (exact) mass is 333 g/mol. The Morgan fingerprint density at radius 3 is 3.00 bits per heavy atom. The number of carbonyl (C=O) groups is 1. The Balaban J connectivity index is 2.23. The number of hydrogen-bond acceptors (Lipinski definition) is 7. The van der Waals surface area contributed by atoms with Crippen molar-refractivity contribution in [1.82, 2.24) is 20.6 Å². The second kappa shape index (κ2) is 7.88. The van der Waals surface area contributed by atoms with E-state index >= 15 is 0 Å². The van der Waals surface area contributed by atoms with Crippen molar-refractivity contribution in [2.45, 2.75) is 0 Å². The minimum absolute atomic E-state index is 0.0792. The maximum absolute atomic E-state index is 11.6. The van der Waals surface area contributed by atoms with Gasteiger partial charge in [0.15, 0.2) is 0 Å². The van der Waals surface area contributed by atoms with Crippen molar-refractivity contribution in [1.29, 1.82) is 5.26 Å². The summed E-state index contributed by atoms with van der Waals surface area (Å²) in [6, 6.07) is 6.81. The van der Waals surface area contributed by atoms with Gasteiger partial charge in [0.1, 0.15) is 18.2 Å². The number of nitriles is 1. The van der Waals surface area contributed by atoms with Gasteiger partial charge in [-0.3, -0.25) is 4.79 Å². The summed E-state index contributed by atoms with van der Waals surface area (Å²) in [5.41, 5.74) is 1.14. The Labute approximate surface area is 136 Å². The predicted octanol–water partition coefficient (Wildman–Crippen LogP) is 1.41. The van der Waals surface area contributed by atoms with E-state index in [1.807, 2.05) is 6.07 Å². The van der Waals surface area contributed by atoms with Crippen LogP contribution in [0.25, 0.3) is 5.57 Å². The molecule has 0 saturated carbocycles. The summed E-state index contributed by atoms with van der Waals surface area (Å²) < 4.78 is 4.76. The summed E-state index contributed by atoms with van der Waals surface area (Å²) in [7, 11) is 1.42. The molecular formula is C13H12ClN7O2. The minimum Gasteiger partial charge on any atom is -0.375 e. The molecule has 0 fully saturated rings. The van der Waals surface area contributed by atoms with Gasteiger partial charge in [-0.05, 0) is 23.4 Å². The van der Waals surface area contributed by atoms with E-state index in [0.717, 1.165) is 0 Å². The molecule has 1 aromatic carbocycles. The molecule has 0 atom stereocenters. The van der Waals surface area contributed by atoms with Crippen molar-refractivity contribution in [2.75, 3.05) is 24.4 Å². The smallest absolute Gasteiger partial charge is 0.250 e. The zero-order chi connectivity index (χ0) is 16.7. The molecule has 1 aromatic heterocycles. The van der Waals surface area contributed by atoms with Gasteiger partial charge in [0.2, 0.25) is 11.7 Å². The molecule has 0 aliphatic heterocycles. The molecule has 0 aliphatic rings. The molecule has 3 N–H and O–H groups in total. The number of aromatic amines is 1. The lowest BCUT2D eigenvalue weighted by Crippen LogP contribution is -2.17. The lowest BCUT2D eigenvalue weighted by Gasteiger charge is -2.11. The number of nitrogens with zero attached hydrogens (tertiary/aromatic N) is 4. The van der Waals surface area contributed by atoms with Gasteiger partial charge < -0.3 is 15.4 Å². The molecule has 9 nitrogen and oxygen atoms in total. The van der Waals surface area contributed by atoms with Gasteiger partial charge in [-0.15, -0.1) is 10.2 Å². The van der Waals surface area contributed by atoms with Gasteiger partial charge in [-0.2, -0.15) is 10.5 Å². The number of halogens is 1. The van der Waals surface area contributed by atoms with Gasteiger partial charge >= 0.3 is 0 Å². The highest BCUT2D eigenvalue weighted by atomic mass is 35.5. The molecule has 0 bridgehead atoms. The molecule has 0 saturated heterocycles. The molecule has 0 spiro atoms. The number of anilines is 2. The number of hydrogen-bond donors (Lipinski definition) is 3. The Hall–Kier alpha value is -2.96. The fourth-order valence-electron chi connectivity index (χ4n) is 1.63. The number of rotatable bonds is 6. The van der Waals surface area contributed by atoms with E-state index in [-0.39, 0.29) is 23.9 Å². The topological polar surface area (TPSA) is 129 Å². The molecular weight excluding hydrogens is 322 g/mol. The van der Waals surface area contributed by atoms with Crippen molar-refractivity contribution in [3.63, 3.8) is 0 Å². The van der Waals surface area contributed by atoms with Crippen molar-refractivity contribution >= 4 is 34.5 Å². The highest BCUT2D eigenvalue weighted by Crippen LogP contribution is 2.26. The largest absolute Gasteiger partial charge is 0.375 e. The van der Waals surface area contributed by atoms with Crippen LogP contribution in [0.4, 0.5) is 11.4 Å². The Bertz CT molecular complexity index is 752. The van der Waals surface area contributed by atoms with Gasteiger partial charge in [-0.1, -0.05) is 11.6 Å². The van der Waals surface area contributed by atoms with E-state index in [9.17, 15) is 4.79 Å². The molecule has 2 aromatic rings. The molecule has 10 heteroatoms. The van der Waals surface area contributed by atoms with Gasteiger partial charge in [-0.25, -0.2) is 0 Å². The summed E-state index contributed by atoms with van der Waals surface area (Å²) in [5, 5.41) is 28.2. The van der Waals surface area contributed by atoms with E-state index in [1.54, 1.807) is 18.2 Å². The third-order valence-electron chi connectivity index (χ3n) is 2.61. The summed E-state index contributed by atoms with van der Waals surface area (Å²) in [4.78, 5) is 11.6. The molecule has 1 amide bonds. The van der Waals surface area contributed by atoms with Crippen LogP contribution in [0.2, 0.25) is 5.02 Å². The zero-order valence-corrected chi connectivity index (χ0v) is 12.8. The van der Waals surface area contributed by atoms with Crippen LogP contribution in [0.5, 0.6) is 0 Å². The van der Waals surface area contributed by atoms with E-state index in [4.69, 9.17) is 21.6 Å². The molecule has 118 valence electrons. The van der Waals surface area contributed by atoms with E-state index in [2.05, 4.69) is 31.3 Å². The summed E-state index contributed by atoms with van der Waals surface area (Å²) in [6.45, 7) is -0.0792. The van der Waals surface area contributed by atoms with Crippen LogP contribution < -0.4 is 10.6 Å². The number of benzene rings is 1. The number of ether oxygens (including phenoxy) is 1. The van der Waals surface area contributed by atoms with Crippen LogP contribution in [0, 0.1) is 11.3 Å². The number of allylic oxidation sites excluding steroid dienone is 1. The van der Waals surface area contributed by atoms with Gasteiger partial charge in [0.05, 0.1) is 11.4 Å². The molecule has 23 heavy (non-hydrogen) atoms. The SMILES string of the molecule is COCC(=O)Nc1ccc(Cl)cc1NC=C(C#N)c1nn[nH]n1. The predicted molar refractivity (Wildman–Crippen MR) is 83.3 cm³/mol. The maximum Gasteiger partial charge on any atom is 0.250 e. The third-order valence-corrected chi connectivity index (χ3v) is 2.84. The lowest BCUT2D eigenvalue weighted by atomic mass is 10.2. The number of amides is 1. The van der Waals surface area contributed by atoms with Crippen molar-refractivity contribution in [2.24, 2.45) is 0 Å². The Morgan fingerprint density at radius 2 is 2.35 bits per heavy atom. The average molecular weight is 334 g/mol. The fourth-order valence-corrected chi connectivity index (χ4v) is 1.81. The average Bonchev–Trinajstić information content (AvgIpc) is 3.05. The van der Waals surface area contributed by atoms with Gasteiger partial charge in [0, 0.05) is 18.3 Å². The summed E-state index contributed by atoms with van der Waals surface area (Å²) in [5.74, 6) is -0.174. The van der Waals surface area contributed by atoms with Crippen LogP contribution in [-0.4, -0.2) is 40.2 Å². The lowest BCUT2D eigenvalue weighted by molar-refractivity contribution is -0.119. The second-order valence-electron chi connectivity index (χ2n) is 4.22. The van der Waals surface area contributed by atoms with Crippen LogP contribution in [0.3, 0.4) is 0 Å². The Morgan fingerprint density at radius 1 is 1.52 bits per heavy atom.